The lowest BCUT2D eigenvalue weighted by Gasteiger charge is -2.49. The highest BCUT2D eigenvalue weighted by atomic mass is 32.1. The van der Waals surface area contributed by atoms with Crippen LogP contribution < -0.4 is 5.32 Å². The Morgan fingerprint density at radius 1 is 1.31 bits per heavy atom. The highest BCUT2D eigenvalue weighted by Crippen LogP contribution is 2.36. The van der Waals surface area contributed by atoms with Crippen molar-refractivity contribution in [3.05, 3.63) is 0 Å². The van der Waals surface area contributed by atoms with Gasteiger partial charge in [0.2, 0.25) is 0 Å². The molecule has 0 amide bonds. The smallest absolute Gasteiger partial charge is 0.168 e. The first-order valence-electron chi connectivity index (χ1n) is 6.23. The van der Waals surface area contributed by atoms with Gasteiger partial charge in [0.05, 0.1) is 0 Å². The van der Waals surface area contributed by atoms with Gasteiger partial charge in [0.1, 0.15) is 0 Å². The second-order valence-electron chi connectivity index (χ2n) is 5.55. The van der Waals surface area contributed by atoms with Crippen molar-refractivity contribution in [3.63, 3.8) is 0 Å². The van der Waals surface area contributed by atoms with E-state index in [0.717, 1.165) is 11.7 Å². The molecule has 0 radical (unpaired) electrons. The van der Waals surface area contributed by atoms with Crippen LogP contribution in [0.2, 0.25) is 0 Å². The monoisotopic (exact) mass is 241 g/mol. The van der Waals surface area contributed by atoms with Crippen molar-refractivity contribution in [1.82, 2.24) is 15.1 Å². The molecule has 4 heteroatoms. The summed E-state index contributed by atoms with van der Waals surface area (Å²) in [5.74, 6) is 0. The minimum Gasteiger partial charge on any atom is -0.360 e. The Bertz CT molecular complexity index is 269. The molecule has 2 rings (SSSR count). The molecule has 0 aromatic rings. The van der Waals surface area contributed by atoms with Crippen molar-refractivity contribution >= 4 is 17.3 Å². The maximum Gasteiger partial charge on any atom is 0.168 e. The van der Waals surface area contributed by atoms with Gasteiger partial charge in [-0.3, -0.25) is 0 Å². The molecular weight excluding hydrogens is 218 g/mol. The summed E-state index contributed by atoms with van der Waals surface area (Å²) in [7, 11) is 6.48. The van der Waals surface area contributed by atoms with Crippen molar-refractivity contribution < 1.29 is 0 Å². The molecule has 0 atom stereocenters. The molecule has 16 heavy (non-hydrogen) atoms. The lowest BCUT2D eigenvalue weighted by atomic mass is 9.75. The van der Waals surface area contributed by atoms with Gasteiger partial charge in [-0.1, -0.05) is 0 Å². The fourth-order valence-corrected chi connectivity index (χ4v) is 2.59. The zero-order chi connectivity index (χ0) is 11.8. The number of hydrogen-bond acceptors (Lipinski definition) is 2. The molecule has 0 bridgehead atoms. The van der Waals surface area contributed by atoms with Crippen LogP contribution in [0.1, 0.15) is 32.1 Å². The fourth-order valence-electron chi connectivity index (χ4n) is 2.36. The third-order valence-electron chi connectivity index (χ3n) is 4.02. The van der Waals surface area contributed by atoms with Crippen LogP contribution in [0.5, 0.6) is 0 Å². The average molecular weight is 241 g/mol. The maximum atomic E-state index is 5.42. The topological polar surface area (TPSA) is 18.5 Å². The second-order valence-corrected chi connectivity index (χ2v) is 5.94. The lowest BCUT2D eigenvalue weighted by Crippen LogP contribution is -2.58. The molecule has 2 fully saturated rings. The maximum absolute atomic E-state index is 5.42. The molecule has 0 aromatic carbocycles. The normalized spacial score (nSPS) is 22.8. The molecule has 0 heterocycles. The summed E-state index contributed by atoms with van der Waals surface area (Å²) >= 11 is 5.42. The molecule has 3 nitrogen and oxygen atoms in total. The molecule has 0 aromatic heterocycles. The van der Waals surface area contributed by atoms with E-state index in [4.69, 9.17) is 12.2 Å². The van der Waals surface area contributed by atoms with Crippen LogP contribution in [-0.4, -0.2) is 54.2 Å². The SMILES string of the molecule is CN(CC1(N(C)C)CCC1)C(=S)NC1CC1. The Kier molecular flexibility index (Phi) is 3.40. The van der Waals surface area contributed by atoms with Crippen LogP contribution in [0.15, 0.2) is 0 Å². The summed E-state index contributed by atoms with van der Waals surface area (Å²) in [6.45, 7) is 1.05. The van der Waals surface area contributed by atoms with Crippen molar-refractivity contribution in [3.8, 4) is 0 Å². The van der Waals surface area contributed by atoms with Gasteiger partial charge in [-0.05, 0) is 58.4 Å². The van der Waals surface area contributed by atoms with Crippen LogP contribution in [-0.2, 0) is 0 Å². The quantitative estimate of drug-likeness (QED) is 0.750. The molecule has 1 N–H and O–H groups in total. The van der Waals surface area contributed by atoms with E-state index < -0.39 is 0 Å². The summed E-state index contributed by atoms with van der Waals surface area (Å²) in [5, 5.41) is 4.33. The summed E-state index contributed by atoms with van der Waals surface area (Å²) in [6.07, 6.45) is 6.53. The molecule has 2 aliphatic carbocycles. The van der Waals surface area contributed by atoms with E-state index in [1.54, 1.807) is 0 Å². The summed E-state index contributed by atoms with van der Waals surface area (Å²) < 4.78 is 0. The molecule has 0 spiro atoms. The number of likely N-dealkylation sites (N-methyl/N-ethyl adjacent to an activating group) is 2. The first-order valence-corrected chi connectivity index (χ1v) is 6.63. The van der Waals surface area contributed by atoms with Crippen molar-refractivity contribution in [2.24, 2.45) is 0 Å². The highest BCUT2D eigenvalue weighted by Gasteiger charge is 2.40. The first kappa shape index (κ1) is 12.1. The molecule has 0 saturated heterocycles. The summed E-state index contributed by atoms with van der Waals surface area (Å²) in [6, 6.07) is 0.659. The fraction of sp³-hybridized carbons (Fsp3) is 0.917. The molecule has 2 aliphatic rings. The molecule has 0 unspecified atom stereocenters. The number of nitrogens with zero attached hydrogens (tertiary/aromatic N) is 2. The predicted octanol–water partition coefficient (Wildman–Crippen LogP) is 1.44. The van der Waals surface area contributed by atoms with Crippen molar-refractivity contribution in [2.45, 2.75) is 43.7 Å². The molecular formula is C12H23N3S. The predicted molar refractivity (Wildman–Crippen MR) is 71.7 cm³/mol. The minimum absolute atomic E-state index is 0.365. The zero-order valence-electron chi connectivity index (χ0n) is 10.6. The average Bonchev–Trinajstić information content (AvgIpc) is 2.93. The van der Waals surface area contributed by atoms with E-state index in [-0.39, 0.29) is 0 Å². The van der Waals surface area contributed by atoms with Gasteiger partial charge >= 0.3 is 0 Å². The van der Waals surface area contributed by atoms with Crippen molar-refractivity contribution in [2.75, 3.05) is 27.7 Å². The number of nitrogens with one attached hydrogen (secondary N) is 1. The molecule has 2 saturated carbocycles. The largest absolute Gasteiger partial charge is 0.360 e. The van der Waals surface area contributed by atoms with E-state index in [0.29, 0.717) is 11.6 Å². The second kappa shape index (κ2) is 4.49. The van der Waals surface area contributed by atoms with Crippen LogP contribution in [0.25, 0.3) is 0 Å². The lowest BCUT2D eigenvalue weighted by molar-refractivity contribution is 0.0429. The Morgan fingerprint density at radius 3 is 2.31 bits per heavy atom. The number of rotatable bonds is 4. The van der Waals surface area contributed by atoms with E-state index in [1.165, 1.54) is 32.1 Å². The van der Waals surface area contributed by atoms with Crippen LogP contribution in [0, 0.1) is 0 Å². The Morgan fingerprint density at radius 2 is 1.94 bits per heavy atom. The first-order chi connectivity index (χ1) is 7.53. The summed E-state index contributed by atoms with van der Waals surface area (Å²) in [5.41, 5.74) is 0.365. The van der Waals surface area contributed by atoms with E-state index in [1.807, 2.05) is 0 Å². The minimum atomic E-state index is 0.365. The van der Waals surface area contributed by atoms with Gasteiger partial charge in [-0.15, -0.1) is 0 Å². The Balaban J connectivity index is 1.84. The van der Waals surface area contributed by atoms with Crippen LogP contribution >= 0.6 is 12.2 Å². The molecule has 92 valence electrons. The zero-order valence-corrected chi connectivity index (χ0v) is 11.4. The summed E-state index contributed by atoms with van der Waals surface area (Å²) in [4.78, 5) is 4.58. The van der Waals surface area contributed by atoms with Gasteiger partial charge in [0.15, 0.2) is 5.11 Å². The third kappa shape index (κ3) is 2.48. The van der Waals surface area contributed by atoms with Gasteiger partial charge in [0.25, 0.3) is 0 Å². The number of hydrogen-bond donors (Lipinski definition) is 1. The number of thiocarbonyl (C=S) groups is 1. The van der Waals surface area contributed by atoms with Crippen LogP contribution in [0.4, 0.5) is 0 Å². The Labute approximate surface area is 104 Å². The van der Waals surface area contributed by atoms with Gasteiger partial charge in [0, 0.05) is 25.2 Å². The van der Waals surface area contributed by atoms with E-state index in [2.05, 4.69) is 36.3 Å². The van der Waals surface area contributed by atoms with Gasteiger partial charge in [-0.2, -0.15) is 0 Å². The Hall–Kier alpha value is -0.350. The van der Waals surface area contributed by atoms with Gasteiger partial charge in [-0.25, -0.2) is 0 Å². The van der Waals surface area contributed by atoms with Gasteiger partial charge < -0.3 is 15.1 Å². The van der Waals surface area contributed by atoms with Crippen molar-refractivity contribution in [1.29, 1.82) is 0 Å². The van der Waals surface area contributed by atoms with E-state index in [9.17, 15) is 0 Å². The third-order valence-corrected chi connectivity index (χ3v) is 4.45. The van der Waals surface area contributed by atoms with Crippen LogP contribution in [0.3, 0.4) is 0 Å². The standard InChI is InChI=1S/C12H23N3S/c1-14(2)12(7-4-8-12)9-15(3)11(16)13-10-5-6-10/h10H,4-9H2,1-3H3,(H,13,16). The van der Waals surface area contributed by atoms with E-state index >= 15 is 0 Å². The highest BCUT2D eigenvalue weighted by molar-refractivity contribution is 7.80. The molecule has 0 aliphatic heterocycles.